The number of methoxy groups -OCH3 is 1. The zero-order chi connectivity index (χ0) is 19.4. The van der Waals surface area contributed by atoms with Crippen molar-refractivity contribution in [3.63, 3.8) is 0 Å². The molecule has 0 amide bonds. The van der Waals surface area contributed by atoms with Crippen molar-refractivity contribution in [3.8, 4) is 0 Å². The second-order valence-corrected chi connectivity index (χ2v) is 5.24. The van der Waals surface area contributed by atoms with E-state index in [9.17, 15) is 0 Å². The van der Waals surface area contributed by atoms with Gasteiger partial charge in [-0.15, -0.1) is 5.10 Å². The van der Waals surface area contributed by atoms with E-state index < -0.39 is 0 Å². The number of hydrogen-bond acceptors (Lipinski definition) is 9. The van der Waals surface area contributed by atoms with Crippen molar-refractivity contribution in [1.82, 2.24) is 15.0 Å². The summed E-state index contributed by atoms with van der Waals surface area (Å²) in [7, 11) is 1.64. The Kier molecular flexibility index (Phi) is 15.5. The van der Waals surface area contributed by atoms with Gasteiger partial charge in [-0.3, -0.25) is 0 Å². The number of nitrogens with zero attached hydrogens (tertiary/aromatic N) is 3. The second-order valence-electron chi connectivity index (χ2n) is 5.24. The van der Waals surface area contributed by atoms with Gasteiger partial charge in [-0.2, -0.15) is 4.89 Å². The summed E-state index contributed by atoms with van der Waals surface area (Å²) in [5.74, 6) is 0. The molecule has 156 valence electrons. The summed E-state index contributed by atoms with van der Waals surface area (Å²) in [5, 5.41) is 8.07. The van der Waals surface area contributed by atoms with E-state index in [4.69, 9.17) is 33.5 Å². The lowest BCUT2D eigenvalue weighted by Gasteiger charge is -2.05. The van der Waals surface area contributed by atoms with Crippen molar-refractivity contribution in [2.45, 2.75) is 20.1 Å². The van der Waals surface area contributed by atoms with Gasteiger partial charge in [-0.05, 0) is 13.0 Å². The van der Waals surface area contributed by atoms with E-state index >= 15 is 0 Å². The Hall–Kier alpha value is -1.56. The normalized spacial score (nSPS) is 11.5. The Morgan fingerprint density at radius 3 is 2.30 bits per heavy atom. The second kappa shape index (κ2) is 17.8. The van der Waals surface area contributed by atoms with Crippen molar-refractivity contribution < 1.29 is 33.5 Å². The Morgan fingerprint density at radius 2 is 1.56 bits per heavy atom. The maximum atomic E-state index is 5.50. The molecule has 0 aliphatic carbocycles. The fraction of sp³-hybridized carbons (Fsp3) is 0.765. The first-order valence-corrected chi connectivity index (χ1v) is 8.95. The molecule has 0 radical (unpaired) electrons. The third-order valence-electron chi connectivity index (χ3n) is 3.05. The first-order chi connectivity index (χ1) is 13.4. The first-order valence-electron chi connectivity index (χ1n) is 8.95. The minimum absolute atomic E-state index is 0.363. The molecule has 10 heteroatoms. The van der Waals surface area contributed by atoms with Crippen molar-refractivity contribution in [1.29, 1.82) is 0 Å². The van der Waals surface area contributed by atoms with Crippen LogP contribution in [0.2, 0.25) is 0 Å². The molecule has 1 aromatic rings. The van der Waals surface area contributed by atoms with Gasteiger partial charge >= 0.3 is 0 Å². The molecule has 0 bridgehead atoms. The summed E-state index contributed by atoms with van der Waals surface area (Å²) < 4.78 is 28.2. The molecule has 1 rings (SSSR count). The minimum Gasteiger partial charge on any atom is -0.382 e. The summed E-state index contributed by atoms with van der Waals surface area (Å²) in [6, 6.07) is 0. The maximum Gasteiger partial charge on any atom is 0.125 e. The lowest BCUT2D eigenvalue weighted by molar-refractivity contribution is -0.255. The van der Waals surface area contributed by atoms with Crippen LogP contribution in [0.4, 0.5) is 0 Å². The van der Waals surface area contributed by atoms with Gasteiger partial charge in [0.05, 0.1) is 72.2 Å². The van der Waals surface area contributed by atoms with Crippen LogP contribution in [0.3, 0.4) is 0 Å². The molecule has 0 saturated carbocycles. The maximum absolute atomic E-state index is 5.50. The fourth-order valence-electron chi connectivity index (χ4n) is 1.77. The van der Waals surface area contributed by atoms with E-state index in [0.29, 0.717) is 72.6 Å². The third kappa shape index (κ3) is 14.2. The Morgan fingerprint density at radius 1 is 0.889 bits per heavy atom. The highest BCUT2D eigenvalue weighted by molar-refractivity contribution is 4.89. The van der Waals surface area contributed by atoms with Gasteiger partial charge in [-0.25, -0.2) is 4.68 Å². The Labute approximate surface area is 160 Å². The van der Waals surface area contributed by atoms with Crippen LogP contribution in [0, 0.1) is 0 Å². The standard InChI is InChI=1S/C17H31N3O7/c1-3-5-26-27-14-13-22-6-4-20-15-17(18-19-20)16-25-12-11-24-10-9-23-8-7-21-2/h3,5,15H,4,6-14,16H2,1-2H3/b5-3-. The smallest absolute Gasteiger partial charge is 0.125 e. The van der Waals surface area contributed by atoms with Gasteiger partial charge < -0.3 is 28.6 Å². The van der Waals surface area contributed by atoms with Gasteiger partial charge in [0.2, 0.25) is 0 Å². The lowest BCUT2D eigenvalue weighted by Crippen LogP contribution is -2.11. The zero-order valence-corrected chi connectivity index (χ0v) is 16.2. The highest BCUT2D eigenvalue weighted by atomic mass is 17.2. The predicted molar refractivity (Wildman–Crippen MR) is 95.9 cm³/mol. The quantitative estimate of drug-likeness (QED) is 0.148. The minimum atomic E-state index is 0.363. The molecule has 0 saturated heterocycles. The molecule has 0 fully saturated rings. The van der Waals surface area contributed by atoms with E-state index in [2.05, 4.69) is 10.3 Å². The molecule has 10 nitrogen and oxygen atoms in total. The summed E-state index contributed by atoms with van der Waals surface area (Å²) in [6.07, 6.45) is 5.03. The van der Waals surface area contributed by atoms with Crippen LogP contribution in [0.5, 0.6) is 0 Å². The molecule has 27 heavy (non-hydrogen) atoms. The molecular formula is C17H31N3O7. The summed E-state index contributed by atoms with van der Waals surface area (Å²) in [6.45, 7) is 7.42. The monoisotopic (exact) mass is 389 g/mol. The molecule has 0 N–H and O–H groups in total. The molecule has 0 spiro atoms. The van der Waals surface area contributed by atoms with Gasteiger partial charge in [0.15, 0.2) is 0 Å². The Bertz CT molecular complexity index is 471. The van der Waals surface area contributed by atoms with Gasteiger partial charge in [0.1, 0.15) is 18.6 Å². The van der Waals surface area contributed by atoms with Crippen LogP contribution < -0.4 is 0 Å². The molecular weight excluding hydrogens is 358 g/mol. The number of hydrogen-bond donors (Lipinski definition) is 0. The van der Waals surface area contributed by atoms with Crippen molar-refractivity contribution in [3.05, 3.63) is 24.2 Å². The van der Waals surface area contributed by atoms with Gasteiger partial charge in [0, 0.05) is 7.11 Å². The van der Waals surface area contributed by atoms with E-state index in [0.717, 1.165) is 5.69 Å². The number of ether oxygens (including phenoxy) is 5. The summed E-state index contributed by atoms with van der Waals surface area (Å²) in [5.41, 5.74) is 0.765. The van der Waals surface area contributed by atoms with E-state index in [1.165, 1.54) is 6.26 Å². The number of allylic oxidation sites excluding steroid dienone is 1. The highest BCUT2D eigenvalue weighted by Crippen LogP contribution is 1.96. The molecule has 0 aliphatic heterocycles. The van der Waals surface area contributed by atoms with Crippen molar-refractivity contribution >= 4 is 0 Å². The summed E-state index contributed by atoms with van der Waals surface area (Å²) in [4.78, 5) is 9.56. The van der Waals surface area contributed by atoms with Crippen LogP contribution in [-0.2, 0) is 46.6 Å². The Balaban J connectivity index is 1.91. The summed E-state index contributed by atoms with van der Waals surface area (Å²) >= 11 is 0. The molecule has 0 atom stereocenters. The average Bonchev–Trinajstić information content (AvgIpc) is 3.13. The van der Waals surface area contributed by atoms with Gasteiger partial charge in [-0.1, -0.05) is 5.21 Å². The van der Waals surface area contributed by atoms with Crippen LogP contribution in [0.15, 0.2) is 18.5 Å². The largest absolute Gasteiger partial charge is 0.382 e. The molecule has 0 aromatic carbocycles. The fourth-order valence-corrected chi connectivity index (χ4v) is 1.77. The number of aromatic nitrogens is 3. The van der Waals surface area contributed by atoms with Crippen LogP contribution in [0.1, 0.15) is 12.6 Å². The molecule has 0 unspecified atom stereocenters. The predicted octanol–water partition coefficient (Wildman–Crippen LogP) is 0.973. The average molecular weight is 389 g/mol. The topological polar surface area (TPSA) is 95.3 Å². The van der Waals surface area contributed by atoms with Crippen LogP contribution in [-0.4, -0.2) is 81.6 Å². The SMILES string of the molecule is C/C=C\OOCCOCCn1cc(COCCOCCOCCOC)nn1. The molecule has 1 aromatic heterocycles. The van der Waals surface area contributed by atoms with E-state index in [1.807, 2.05) is 13.1 Å². The van der Waals surface area contributed by atoms with Crippen LogP contribution in [0.25, 0.3) is 0 Å². The van der Waals surface area contributed by atoms with E-state index in [1.54, 1.807) is 17.9 Å². The van der Waals surface area contributed by atoms with Crippen molar-refractivity contribution in [2.24, 2.45) is 0 Å². The molecule has 1 heterocycles. The third-order valence-corrected chi connectivity index (χ3v) is 3.05. The van der Waals surface area contributed by atoms with Crippen molar-refractivity contribution in [2.75, 3.05) is 66.6 Å². The lowest BCUT2D eigenvalue weighted by atomic mass is 10.5. The number of rotatable bonds is 19. The van der Waals surface area contributed by atoms with Gasteiger partial charge in [0.25, 0.3) is 0 Å². The van der Waals surface area contributed by atoms with Crippen LogP contribution >= 0.6 is 0 Å². The highest BCUT2D eigenvalue weighted by Gasteiger charge is 2.01. The molecule has 0 aliphatic rings. The zero-order valence-electron chi connectivity index (χ0n) is 16.2. The first kappa shape index (κ1) is 23.5. The van der Waals surface area contributed by atoms with E-state index in [-0.39, 0.29) is 0 Å².